The number of rotatable bonds is 7. The molecule has 1 heterocycles. The van der Waals surface area contributed by atoms with E-state index < -0.39 is 18.8 Å². The average Bonchev–Trinajstić information content (AvgIpc) is 3.37. The van der Waals surface area contributed by atoms with Gasteiger partial charge < -0.3 is 16.0 Å². The van der Waals surface area contributed by atoms with Crippen LogP contribution in [0.15, 0.2) is 24.3 Å². The van der Waals surface area contributed by atoms with Gasteiger partial charge in [-0.05, 0) is 43.5 Å². The summed E-state index contributed by atoms with van der Waals surface area (Å²) in [5.41, 5.74) is 1.90. The predicted molar refractivity (Wildman–Crippen MR) is 98.9 cm³/mol. The first-order chi connectivity index (χ1) is 13.8. The number of carbonyl (C=O) groups is 2. The number of hydrogen-bond donors (Lipinski definition) is 3. The minimum atomic E-state index is -4.48. The Kier molecular flexibility index (Phi) is 6.04. The molecule has 1 aromatic heterocycles. The third-order valence-corrected chi connectivity index (χ3v) is 4.20. The van der Waals surface area contributed by atoms with Crippen molar-refractivity contribution < 1.29 is 22.8 Å². The molecule has 0 atom stereocenters. The number of carbonyl (C=O) groups excluding carboxylic acids is 2. The molecule has 2 aromatic rings. The lowest BCUT2D eigenvalue weighted by Crippen LogP contribution is -2.36. The van der Waals surface area contributed by atoms with Crippen molar-refractivity contribution in [1.82, 2.24) is 25.6 Å². The minimum absolute atomic E-state index is 0.205. The van der Waals surface area contributed by atoms with Gasteiger partial charge in [0.25, 0.3) is 5.91 Å². The molecule has 1 aliphatic carbocycles. The SMILES string of the molecule is CCCc1c(C(=O)NC2CC2)nnn1-c1ccc(NC(=O)NCC(F)(F)F)cc1. The van der Waals surface area contributed by atoms with Crippen LogP contribution in [0.3, 0.4) is 0 Å². The molecule has 1 saturated carbocycles. The van der Waals surface area contributed by atoms with Gasteiger partial charge in [-0.3, -0.25) is 4.79 Å². The highest BCUT2D eigenvalue weighted by Crippen LogP contribution is 2.21. The molecule has 0 aliphatic heterocycles. The van der Waals surface area contributed by atoms with Crippen LogP contribution in [0.1, 0.15) is 42.4 Å². The Labute approximate surface area is 164 Å². The summed E-state index contributed by atoms with van der Waals surface area (Å²) in [6.45, 7) is 0.564. The fourth-order valence-electron chi connectivity index (χ4n) is 2.67. The van der Waals surface area contributed by atoms with Crippen molar-refractivity contribution in [3.05, 3.63) is 35.7 Å². The summed E-state index contributed by atoms with van der Waals surface area (Å²) in [5, 5.41) is 15.1. The van der Waals surface area contributed by atoms with Crippen LogP contribution < -0.4 is 16.0 Å². The number of anilines is 1. The third-order valence-electron chi connectivity index (χ3n) is 4.20. The van der Waals surface area contributed by atoms with Crippen LogP contribution in [0.25, 0.3) is 5.69 Å². The van der Waals surface area contributed by atoms with Crippen LogP contribution in [0.2, 0.25) is 0 Å². The third kappa shape index (κ3) is 5.69. The van der Waals surface area contributed by atoms with E-state index in [-0.39, 0.29) is 17.6 Å². The molecule has 29 heavy (non-hydrogen) atoms. The quantitative estimate of drug-likeness (QED) is 0.653. The van der Waals surface area contributed by atoms with Crippen LogP contribution in [-0.2, 0) is 6.42 Å². The summed E-state index contributed by atoms with van der Waals surface area (Å²) >= 11 is 0. The van der Waals surface area contributed by atoms with Gasteiger partial charge in [0.05, 0.1) is 11.4 Å². The molecule has 0 unspecified atom stereocenters. The van der Waals surface area contributed by atoms with Gasteiger partial charge in [-0.15, -0.1) is 5.10 Å². The zero-order valence-electron chi connectivity index (χ0n) is 15.7. The summed E-state index contributed by atoms with van der Waals surface area (Å²) < 4.78 is 38.0. The molecule has 0 radical (unpaired) electrons. The van der Waals surface area contributed by atoms with Gasteiger partial charge in [0, 0.05) is 11.7 Å². The van der Waals surface area contributed by atoms with E-state index in [1.807, 2.05) is 6.92 Å². The number of benzene rings is 1. The lowest BCUT2D eigenvalue weighted by Gasteiger charge is -2.11. The number of nitrogens with one attached hydrogen (secondary N) is 3. The monoisotopic (exact) mass is 410 g/mol. The van der Waals surface area contributed by atoms with E-state index >= 15 is 0 Å². The summed E-state index contributed by atoms with van der Waals surface area (Å²) in [6, 6.07) is 5.58. The van der Waals surface area contributed by atoms with E-state index in [1.165, 1.54) is 12.1 Å². The Morgan fingerprint density at radius 3 is 2.48 bits per heavy atom. The predicted octanol–water partition coefficient (Wildman–Crippen LogP) is 2.80. The lowest BCUT2D eigenvalue weighted by molar-refractivity contribution is -0.122. The van der Waals surface area contributed by atoms with Gasteiger partial charge in [0.2, 0.25) is 0 Å². The average molecular weight is 410 g/mol. The molecule has 1 aromatic carbocycles. The highest BCUT2D eigenvalue weighted by atomic mass is 19.4. The minimum Gasteiger partial charge on any atom is -0.348 e. The normalized spacial score (nSPS) is 13.8. The van der Waals surface area contributed by atoms with Crippen LogP contribution in [0.5, 0.6) is 0 Å². The van der Waals surface area contributed by atoms with Crippen molar-refractivity contribution in [3.8, 4) is 5.69 Å². The summed E-state index contributed by atoms with van der Waals surface area (Å²) in [7, 11) is 0. The van der Waals surface area contributed by atoms with Crippen LogP contribution in [0.4, 0.5) is 23.7 Å². The Morgan fingerprint density at radius 2 is 1.90 bits per heavy atom. The second-order valence-corrected chi connectivity index (χ2v) is 6.76. The van der Waals surface area contributed by atoms with E-state index in [4.69, 9.17) is 0 Å². The van der Waals surface area contributed by atoms with Crippen LogP contribution in [0, 0.1) is 0 Å². The summed E-state index contributed by atoms with van der Waals surface area (Å²) in [4.78, 5) is 23.9. The highest BCUT2D eigenvalue weighted by Gasteiger charge is 2.28. The van der Waals surface area contributed by atoms with Gasteiger partial charge in [-0.2, -0.15) is 13.2 Å². The van der Waals surface area contributed by atoms with Gasteiger partial charge >= 0.3 is 12.2 Å². The van der Waals surface area contributed by atoms with Gasteiger partial charge in [0.15, 0.2) is 5.69 Å². The van der Waals surface area contributed by atoms with Gasteiger partial charge in [0.1, 0.15) is 6.54 Å². The van der Waals surface area contributed by atoms with Crippen molar-refractivity contribution >= 4 is 17.6 Å². The maximum absolute atomic E-state index is 12.4. The van der Waals surface area contributed by atoms with Crippen LogP contribution in [-0.4, -0.2) is 45.7 Å². The van der Waals surface area contributed by atoms with Gasteiger partial charge in [-0.25, -0.2) is 9.48 Å². The zero-order chi connectivity index (χ0) is 21.0. The summed E-state index contributed by atoms with van der Waals surface area (Å²) in [6.07, 6.45) is -1.16. The molecular formula is C18H21F3N6O2. The van der Waals surface area contributed by atoms with Crippen LogP contribution >= 0.6 is 0 Å². The van der Waals surface area contributed by atoms with Crippen molar-refractivity contribution in [1.29, 1.82) is 0 Å². The standard InChI is InChI=1S/C18H21F3N6O2/c1-2-3-14-15(16(28)23-11-4-5-11)25-26-27(14)13-8-6-12(7-9-13)24-17(29)22-10-18(19,20)21/h6-9,11H,2-5,10H2,1H3,(H,23,28)(H2,22,24,29). The molecule has 0 spiro atoms. The molecular weight excluding hydrogens is 389 g/mol. The largest absolute Gasteiger partial charge is 0.405 e. The maximum Gasteiger partial charge on any atom is 0.405 e. The van der Waals surface area contributed by atoms with Crippen molar-refractivity contribution in [2.45, 2.75) is 44.8 Å². The van der Waals surface area contributed by atoms with Crippen molar-refractivity contribution in [3.63, 3.8) is 0 Å². The molecule has 1 fully saturated rings. The van der Waals surface area contributed by atoms with Crippen molar-refractivity contribution in [2.24, 2.45) is 0 Å². The fourth-order valence-corrected chi connectivity index (χ4v) is 2.67. The molecule has 0 saturated heterocycles. The molecule has 1 aliphatic rings. The Balaban J connectivity index is 1.71. The zero-order valence-corrected chi connectivity index (χ0v) is 15.7. The molecule has 3 rings (SSSR count). The number of nitrogens with zero attached hydrogens (tertiary/aromatic N) is 3. The molecule has 8 nitrogen and oxygen atoms in total. The Morgan fingerprint density at radius 1 is 1.21 bits per heavy atom. The Bertz CT molecular complexity index is 875. The highest BCUT2D eigenvalue weighted by molar-refractivity contribution is 5.93. The first-order valence-electron chi connectivity index (χ1n) is 9.24. The molecule has 3 N–H and O–H groups in total. The molecule has 0 bridgehead atoms. The second-order valence-electron chi connectivity index (χ2n) is 6.76. The molecule has 3 amide bonds. The van der Waals surface area contributed by atoms with E-state index in [1.54, 1.807) is 22.1 Å². The number of amides is 3. The fraction of sp³-hybridized carbons (Fsp3) is 0.444. The number of alkyl halides is 3. The Hall–Kier alpha value is -3.11. The smallest absolute Gasteiger partial charge is 0.348 e. The number of halogens is 3. The first-order valence-corrected chi connectivity index (χ1v) is 9.24. The number of aromatic nitrogens is 3. The lowest BCUT2D eigenvalue weighted by atomic mass is 10.2. The molecule has 11 heteroatoms. The summed E-state index contributed by atoms with van der Waals surface area (Å²) in [5.74, 6) is -0.248. The molecule has 156 valence electrons. The van der Waals surface area contributed by atoms with Gasteiger partial charge in [-0.1, -0.05) is 18.6 Å². The van der Waals surface area contributed by atoms with E-state index in [0.717, 1.165) is 19.3 Å². The topological polar surface area (TPSA) is 101 Å². The van der Waals surface area contributed by atoms with E-state index in [9.17, 15) is 22.8 Å². The maximum atomic E-state index is 12.4. The van der Waals surface area contributed by atoms with E-state index in [2.05, 4.69) is 20.9 Å². The number of urea groups is 1. The van der Waals surface area contributed by atoms with Crippen molar-refractivity contribution in [2.75, 3.05) is 11.9 Å². The second kappa shape index (κ2) is 8.50. The first kappa shape index (κ1) is 20.6. The van der Waals surface area contributed by atoms with E-state index in [0.29, 0.717) is 23.5 Å². The number of hydrogen-bond acceptors (Lipinski definition) is 4.